The van der Waals surface area contributed by atoms with Crippen LogP contribution in [0.25, 0.3) is 0 Å². The van der Waals surface area contributed by atoms with Crippen LogP contribution in [-0.2, 0) is 32.5 Å². The molecule has 1 heterocycles. The number of nitrogens with zero attached hydrogens (tertiary/aromatic N) is 1. The highest BCUT2D eigenvalue weighted by Gasteiger charge is 2.29. The number of carbonyl (C=O) groups is 2. The Morgan fingerprint density at radius 1 is 0.971 bits per heavy atom. The van der Waals surface area contributed by atoms with Gasteiger partial charge in [-0.2, -0.15) is 4.72 Å². The predicted molar refractivity (Wildman–Crippen MR) is 137 cm³/mol. The fraction of sp³-hybridized carbons (Fsp3) is 0.259. The maximum atomic E-state index is 13.3. The average Bonchev–Trinajstić information content (AvgIpc) is 3.22. The summed E-state index contributed by atoms with van der Waals surface area (Å²) in [5.74, 6) is -0.519. The van der Waals surface area contributed by atoms with Crippen LogP contribution in [0.15, 0.2) is 71.6 Å². The second kappa shape index (κ2) is 10.0. The summed E-state index contributed by atoms with van der Waals surface area (Å²) < 4.78 is 29.3. The van der Waals surface area contributed by atoms with E-state index in [2.05, 4.69) is 10.0 Å². The summed E-state index contributed by atoms with van der Waals surface area (Å²) in [4.78, 5) is 26.8. The largest absolute Gasteiger partial charge is 0.325 e. The van der Waals surface area contributed by atoms with Crippen LogP contribution >= 0.6 is 0 Å². The highest BCUT2D eigenvalue weighted by molar-refractivity contribution is 7.89. The van der Waals surface area contributed by atoms with Crippen LogP contribution in [0.1, 0.15) is 29.2 Å². The van der Waals surface area contributed by atoms with Crippen molar-refractivity contribution >= 4 is 33.2 Å². The number of hydrogen-bond donors (Lipinski definition) is 2. The molecule has 0 aromatic heterocycles. The second-order valence-electron chi connectivity index (χ2n) is 8.94. The van der Waals surface area contributed by atoms with Gasteiger partial charge in [-0.25, -0.2) is 8.42 Å². The van der Waals surface area contributed by atoms with Crippen molar-refractivity contribution in [3.8, 4) is 0 Å². The molecule has 3 aromatic rings. The molecule has 1 atom stereocenters. The molecule has 35 heavy (non-hydrogen) atoms. The average molecular weight is 492 g/mol. The zero-order valence-electron chi connectivity index (χ0n) is 20.0. The molecule has 0 bridgehead atoms. The summed E-state index contributed by atoms with van der Waals surface area (Å²) >= 11 is 0. The van der Waals surface area contributed by atoms with Crippen LogP contribution in [0, 0.1) is 13.8 Å². The third kappa shape index (κ3) is 5.78. The van der Waals surface area contributed by atoms with E-state index in [1.54, 1.807) is 17.0 Å². The third-order valence-corrected chi connectivity index (χ3v) is 7.49. The van der Waals surface area contributed by atoms with Crippen molar-refractivity contribution in [3.05, 3.63) is 89.0 Å². The van der Waals surface area contributed by atoms with Crippen molar-refractivity contribution in [3.63, 3.8) is 0 Å². The lowest BCUT2D eigenvalue weighted by Gasteiger charge is -2.20. The highest BCUT2D eigenvalue weighted by atomic mass is 32.2. The molecule has 0 saturated carbocycles. The van der Waals surface area contributed by atoms with E-state index in [9.17, 15) is 18.0 Å². The molecule has 2 amide bonds. The monoisotopic (exact) mass is 491 g/mol. The Labute approximate surface area is 206 Å². The number of aryl methyl sites for hydroxylation is 2. The Balaban J connectivity index is 1.61. The van der Waals surface area contributed by atoms with E-state index in [1.807, 2.05) is 62.4 Å². The van der Waals surface area contributed by atoms with Crippen LogP contribution < -0.4 is 14.9 Å². The first kappa shape index (κ1) is 24.6. The Bertz CT molecular complexity index is 1350. The summed E-state index contributed by atoms with van der Waals surface area (Å²) in [6.45, 7) is 5.89. The van der Waals surface area contributed by atoms with Gasteiger partial charge in [0.1, 0.15) is 6.04 Å². The Hall–Kier alpha value is -3.49. The number of nitrogens with one attached hydrogen (secondary N) is 2. The van der Waals surface area contributed by atoms with Crippen molar-refractivity contribution in [2.24, 2.45) is 0 Å². The van der Waals surface area contributed by atoms with Crippen molar-refractivity contribution < 1.29 is 18.0 Å². The van der Waals surface area contributed by atoms with Crippen molar-refractivity contribution in [1.29, 1.82) is 0 Å². The first-order chi connectivity index (χ1) is 16.6. The maximum absolute atomic E-state index is 13.3. The number of hydrogen-bond acceptors (Lipinski definition) is 4. The fourth-order valence-corrected chi connectivity index (χ4v) is 5.69. The van der Waals surface area contributed by atoms with Crippen LogP contribution in [0.3, 0.4) is 0 Å². The number of carbonyl (C=O) groups excluding carboxylic acids is 2. The third-order valence-electron chi connectivity index (χ3n) is 6.02. The van der Waals surface area contributed by atoms with Crippen LogP contribution in [0.4, 0.5) is 11.4 Å². The number of rotatable bonds is 7. The van der Waals surface area contributed by atoms with Gasteiger partial charge in [-0.05, 0) is 79.3 Å². The summed E-state index contributed by atoms with van der Waals surface area (Å²) in [7, 11) is -4.01. The number of amides is 2. The molecular formula is C27H29N3O4S. The van der Waals surface area contributed by atoms with E-state index >= 15 is 0 Å². The lowest BCUT2D eigenvalue weighted by atomic mass is 10.1. The van der Waals surface area contributed by atoms with Gasteiger partial charge in [-0.3, -0.25) is 9.59 Å². The Kier molecular flexibility index (Phi) is 7.05. The van der Waals surface area contributed by atoms with Gasteiger partial charge in [-0.15, -0.1) is 0 Å². The van der Waals surface area contributed by atoms with E-state index in [0.29, 0.717) is 18.7 Å². The molecule has 3 aromatic carbocycles. The number of benzene rings is 3. The minimum absolute atomic E-state index is 0.0684. The minimum Gasteiger partial charge on any atom is -0.325 e. The fourth-order valence-electron chi connectivity index (χ4n) is 4.44. The van der Waals surface area contributed by atoms with Crippen molar-refractivity contribution in [2.45, 2.75) is 44.6 Å². The first-order valence-electron chi connectivity index (χ1n) is 11.5. The molecule has 4 rings (SSSR count). The molecule has 0 aliphatic carbocycles. The highest BCUT2D eigenvalue weighted by Crippen LogP contribution is 2.30. The summed E-state index contributed by atoms with van der Waals surface area (Å²) in [6, 6.07) is 18.7. The second-order valence-corrected chi connectivity index (χ2v) is 10.7. The SMILES string of the molecule is CC(=O)N1CCc2cc(S(=O)(=O)N[C@@H](Cc3ccccc3)C(=O)Nc3cc(C)cc(C)c3)ccc21. The van der Waals surface area contributed by atoms with Gasteiger partial charge >= 0.3 is 0 Å². The van der Waals surface area contributed by atoms with Gasteiger partial charge in [0.05, 0.1) is 4.90 Å². The number of anilines is 2. The molecule has 0 saturated heterocycles. The molecule has 0 fully saturated rings. The van der Waals surface area contributed by atoms with Crippen molar-refractivity contribution in [1.82, 2.24) is 4.72 Å². The smallest absolute Gasteiger partial charge is 0.242 e. The lowest BCUT2D eigenvalue weighted by Crippen LogP contribution is -2.45. The van der Waals surface area contributed by atoms with E-state index in [-0.39, 0.29) is 17.2 Å². The molecule has 1 aliphatic heterocycles. The summed E-state index contributed by atoms with van der Waals surface area (Å²) in [5.41, 5.74) is 4.97. The molecule has 182 valence electrons. The quantitative estimate of drug-likeness (QED) is 0.526. The van der Waals surface area contributed by atoms with Gasteiger partial charge in [0.2, 0.25) is 21.8 Å². The van der Waals surface area contributed by atoms with Crippen molar-refractivity contribution in [2.75, 3.05) is 16.8 Å². The molecule has 2 N–H and O–H groups in total. The van der Waals surface area contributed by atoms with E-state index in [0.717, 1.165) is 27.9 Å². The van der Waals surface area contributed by atoms with Gasteiger partial charge in [0.15, 0.2) is 0 Å². The Morgan fingerprint density at radius 3 is 2.31 bits per heavy atom. The molecule has 7 nitrogen and oxygen atoms in total. The van der Waals surface area contributed by atoms with Crippen LogP contribution in [0.2, 0.25) is 0 Å². The van der Waals surface area contributed by atoms with Crippen LogP contribution in [0.5, 0.6) is 0 Å². The molecular weight excluding hydrogens is 462 g/mol. The van der Waals surface area contributed by atoms with Gasteiger partial charge in [0.25, 0.3) is 0 Å². The molecule has 0 unspecified atom stereocenters. The standard InChI is InChI=1S/C27H29N3O4S/c1-18-13-19(2)15-23(14-18)28-27(32)25(16-21-7-5-4-6-8-21)29-35(33,34)24-9-10-26-22(17-24)11-12-30(26)20(3)31/h4-10,13-15,17,25,29H,11-12,16H2,1-3H3,(H,28,32)/t25-/m0/s1. The topological polar surface area (TPSA) is 95.6 Å². The number of fused-ring (bicyclic) bond motifs is 1. The van der Waals surface area contributed by atoms with Gasteiger partial charge < -0.3 is 10.2 Å². The van der Waals surface area contributed by atoms with Gasteiger partial charge in [0, 0.05) is 24.8 Å². The summed E-state index contributed by atoms with van der Waals surface area (Å²) in [6.07, 6.45) is 0.776. The normalized spacial score (nSPS) is 13.9. The van der Waals surface area contributed by atoms with E-state index in [4.69, 9.17) is 0 Å². The van der Waals surface area contributed by atoms with Crippen LogP contribution in [-0.4, -0.2) is 32.8 Å². The Morgan fingerprint density at radius 2 is 1.66 bits per heavy atom. The zero-order chi connectivity index (χ0) is 25.2. The maximum Gasteiger partial charge on any atom is 0.242 e. The molecule has 8 heteroatoms. The predicted octanol–water partition coefficient (Wildman–Crippen LogP) is 3.74. The minimum atomic E-state index is -4.01. The zero-order valence-corrected chi connectivity index (χ0v) is 20.9. The lowest BCUT2D eigenvalue weighted by molar-refractivity contribution is -0.118. The molecule has 0 spiro atoms. The first-order valence-corrected chi connectivity index (χ1v) is 13.0. The van der Waals surface area contributed by atoms with E-state index in [1.165, 1.54) is 13.0 Å². The molecule has 0 radical (unpaired) electrons. The summed E-state index contributed by atoms with van der Waals surface area (Å²) in [5, 5.41) is 2.87. The van der Waals surface area contributed by atoms with E-state index < -0.39 is 22.0 Å². The number of sulfonamides is 1. The van der Waals surface area contributed by atoms with Gasteiger partial charge in [-0.1, -0.05) is 36.4 Å². The molecule has 1 aliphatic rings.